The van der Waals surface area contributed by atoms with Crippen molar-refractivity contribution in [3.05, 3.63) is 37.0 Å². The quantitative estimate of drug-likeness (QED) is 0.336. The zero-order valence-electron chi connectivity index (χ0n) is 12.1. The number of nitrogens with one attached hydrogen (secondary N) is 1. The monoisotopic (exact) mass is 275 g/mol. The summed E-state index contributed by atoms with van der Waals surface area (Å²) in [6.07, 6.45) is 10.1. The van der Waals surface area contributed by atoms with Gasteiger partial charge in [-0.2, -0.15) is 0 Å². The maximum absolute atomic E-state index is 11.7. The van der Waals surface area contributed by atoms with E-state index in [2.05, 4.69) is 23.5 Å². The number of rotatable bonds is 6. The van der Waals surface area contributed by atoms with E-state index < -0.39 is 0 Å². The van der Waals surface area contributed by atoms with Gasteiger partial charge < -0.3 is 0 Å². The van der Waals surface area contributed by atoms with Crippen molar-refractivity contribution < 1.29 is 4.79 Å². The Morgan fingerprint density at radius 1 is 1.35 bits per heavy atom. The van der Waals surface area contributed by atoms with E-state index in [4.69, 9.17) is 5.84 Å². The minimum atomic E-state index is -0.0131. The SMILES string of the molecule is C=C/C=C(\C=C)CN1CC[C@@H](C(=O)NN)CC1C1CC1. The van der Waals surface area contributed by atoms with Crippen LogP contribution in [0.5, 0.6) is 0 Å². The van der Waals surface area contributed by atoms with Crippen LogP contribution in [0.15, 0.2) is 37.0 Å². The predicted molar refractivity (Wildman–Crippen MR) is 81.6 cm³/mol. The molecule has 2 fully saturated rings. The molecule has 4 nitrogen and oxygen atoms in total. The van der Waals surface area contributed by atoms with Crippen LogP contribution in [0, 0.1) is 11.8 Å². The van der Waals surface area contributed by atoms with E-state index in [1.807, 2.05) is 12.2 Å². The lowest BCUT2D eigenvalue weighted by Crippen LogP contribution is -2.49. The molecule has 1 unspecified atom stereocenters. The lowest BCUT2D eigenvalue weighted by molar-refractivity contribution is -0.127. The summed E-state index contributed by atoms with van der Waals surface area (Å²) in [5.41, 5.74) is 3.49. The van der Waals surface area contributed by atoms with Gasteiger partial charge in [0.05, 0.1) is 0 Å². The molecular weight excluding hydrogens is 250 g/mol. The molecule has 1 saturated heterocycles. The lowest BCUT2D eigenvalue weighted by Gasteiger charge is -2.39. The fraction of sp³-hybridized carbons (Fsp3) is 0.562. The van der Waals surface area contributed by atoms with Gasteiger partial charge in [-0.3, -0.25) is 15.1 Å². The second kappa shape index (κ2) is 6.86. The van der Waals surface area contributed by atoms with Crippen molar-refractivity contribution >= 4 is 5.91 Å². The number of carbonyl (C=O) groups is 1. The molecule has 2 aliphatic rings. The minimum absolute atomic E-state index is 0.0131. The normalized spacial score (nSPS) is 27.9. The van der Waals surface area contributed by atoms with Crippen molar-refractivity contribution in [3.8, 4) is 0 Å². The van der Waals surface area contributed by atoms with Crippen LogP contribution in [-0.2, 0) is 4.79 Å². The predicted octanol–water partition coefficient (Wildman–Crippen LogP) is 1.77. The Balaban J connectivity index is 2.02. The smallest absolute Gasteiger partial charge is 0.237 e. The first-order valence-corrected chi connectivity index (χ1v) is 7.38. The number of hydrazine groups is 1. The molecule has 1 aliphatic heterocycles. The molecule has 1 saturated carbocycles. The standard InChI is InChI=1S/C16H25N3O/c1-3-5-12(4-2)11-19-9-8-14(16(20)18-17)10-15(19)13-6-7-13/h3-5,13-15H,1-2,6-11,17H2,(H,18,20)/b12-5+/t14-,15?/m1/s1. The molecule has 1 amide bonds. The van der Waals surface area contributed by atoms with Crippen molar-refractivity contribution in [2.24, 2.45) is 17.7 Å². The molecule has 0 aromatic carbocycles. The summed E-state index contributed by atoms with van der Waals surface area (Å²) in [7, 11) is 0. The van der Waals surface area contributed by atoms with Gasteiger partial charge in [0.1, 0.15) is 0 Å². The van der Waals surface area contributed by atoms with Crippen LogP contribution in [0.1, 0.15) is 25.7 Å². The first-order chi connectivity index (χ1) is 9.69. The summed E-state index contributed by atoms with van der Waals surface area (Å²) in [4.78, 5) is 14.2. The van der Waals surface area contributed by atoms with Gasteiger partial charge in [-0.25, -0.2) is 5.84 Å². The van der Waals surface area contributed by atoms with Crippen LogP contribution in [0.3, 0.4) is 0 Å². The zero-order valence-corrected chi connectivity index (χ0v) is 12.1. The number of likely N-dealkylation sites (tertiary alicyclic amines) is 1. The number of carbonyl (C=O) groups excluding carboxylic acids is 1. The number of piperidine rings is 1. The first-order valence-electron chi connectivity index (χ1n) is 7.38. The van der Waals surface area contributed by atoms with Crippen molar-refractivity contribution in [1.29, 1.82) is 0 Å². The lowest BCUT2D eigenvalue weighted by atomic mass is 9.87. The molecule has 20 heavy (non-hydrogen) atoms. The molecule has 3 N–H and O–H groups in total. The first kappa shape index (κ1) is 15.0. The Morgan fingerprint density at radius 3 is 2.65 bits per heavy atom. The molecular formula is C16H25N3O. The van der Waals surface area contributed by atoms with Crippen molar-refractivity contribution in [3.63, 3.8) is 0 Å². The third-order valence-electron chi connectivity index (χ3n) is 4.42. The maximum atomic E-state index is 11.7. The largest absolute Gasteiger partial charge is 0.296 e. The highest BCUT2D eigenvalue weighted by Crippen LogP contribution is 2.41. The number of hydrogen-bond donors (Lipinski definition) is 2. The van der Waals surface area contributed by atoms with Crippen molar-refractivity contribution in [2.45, 2.75) is 31.7 Å². The van der Waals surface area contributed by atoms with Crippen LogP contribution < -0.4 is 11.3 Å². The fourth-order valence-corrected chi connectivity index (χ4v) is 3.14. The summed E-state index contributed by atoms with van der Waals surface area (Å²) in [5.74, 6) is 6.07. The van der Waals surface area contributed by atoms with Crippen LogP contribution in [0.4, 0.5) is 0 Å². The van der Waals surface area contributed by atoms with E-state index in [9.17, 15) is 4.79 Å². The van der Waals surface area contributed by atoms with E-state index in [0.717, 1.165) is 31.8 Å². The average Bonchev–Trinajstić information content (AvgIpc) is 3.30. The molecule has 2 atom stereocenters. The number of allylic oxidation sites excluding steroid dienone is 2. The molecule has 0 spiro atoms. The highest BCUT2D eigenvalue weighted by molar-refractivity contribution is 5.78. The Labute approximate surface area is 121 Å². The topological polar surface area (TPSA) is 58.4 Å². The highest BCUT2D eigenvalue weighted by atomic mass is 16.2. The molecule has 0 radical (unpaired) electrons. The molecule has 0 aromatic heterocycles. The van der Waals surface area contributed by atoms with Gasteiger partial charge in [0.15, 0.2) is 0 Å². The molecule has 0 bridgehead atoms. The van der Waals surface area contributed by atoms with E-state index in [-0.39, 0.29) is 11.8 Å². The van der Waals surface area contributed by atoms with Gasteiger partial charge in [-0.15, -0.1) is 0 Å². The second-order valence-corrected chi connectivity index (χ2v) is 5.79. The maximum Gasteiger partial charge on any atom is 0.237 e. The summed E-state index contributed by atoms with van der Waals surface area (Å²) in [6, 6.07) is 0.499. The van der Waals surface area contributed by atoms with Gasteiger partial charge in [0.2, 0.25) is 5.91 Å². The number of amides is 1. The molecule has 110 valence electrons. The van der Waals surface area contributed by atoms with E-state index >= 15 is 0 Å². The van der Waals surface area contributed by atoms with Gasteiger partial charge >= 0.3 is 0 Å². The number of nitrogens with zero attached hydrogens (tertiary/aromatic N) is 1. The third-order valence-corrected chi connectivity index (χ3v) is 4.42. The Kier molecular flexibility index (Phi) is 5.15. The Bertz CT molecular complexity index is 412. The molecule has 0 aromatic rings. The average molecular weight is 275 g/mol. The molecule has 1 heterocycles. The second-order valence-electron chi connectivity index (χ2n) is 5.79. The zero-order chi connectivity index (χ0) is 14.5. The summed E-state index contributed by atoms with van der Waals surface area (Å²) >= 11 is 0. The van der Waals surface area contributed by atoms with Gasteiger partial charge in [0.25, 0.3) is 0 Å². The Hall–Kier alpha value is -1.39. The van der Waals surface area contributed by atoms with Crippen molar-refractivity contribution in [1.82, 2.24) is 10.3 Å². The fourth-order valence-electron chi connectivity index (χ4n) is 3.14. The van der Waals surface area contributed by atoms with E-state index in [1.54, 1.807) is 6.08 Å². The van der Waals surface area contributed by atoms with E-state index in [1.165, 1.54) is 18.4 Å². The van der Waals surface area contributed by atoms with Gasteiger partial charge in [-0.1, -0.05) is 31.4 Å². The highest BCUT2D eigenvalue weighted by Gasteiger charge is 2.40. The summed E-state index contributed by atoms with van der Waals surface area (Å²) in [6.45, 7) is 9.45. The summed E-state index contributed by atoms with van der Waals surface area (Å²) < 4.78 is 0. The molecule has 4 heteroatoms. The van der Waals surface area contributed by atoms with Crippen LogP contribution in [0.25, 0.3) is 0 Å². The molecule has 1 aliphatic carbocycles. The van der Waals surface area contributed by atoms with E-state index in [0.29, 0.717) is 6.04 Å². The summed E-state index contributed by atoms with van der Waals surface area (Å²) in [5, 5.41) is 0. The number of nitrogens with two attached hydrogens (primary N) is 1. The van der Waals surface area contributed by atoms with Crippen molar-refractivity contribution in [2.75, 3.05) is 13.1 Å². The third kappa shape index (κ3) is 3.58. The van der Waals surface area contributed by atoms with Crippen LogP contribution in [0.2, 0.25) is 0 Å². The van der Waals surface area contributed by atoms with Crippen LogP contribution in [-0.4, -0.2) is 29.9 Å². The minimum Gasteiger partial charge on any atom is -0.296 e. The van der Waals surface area contributed by atoms with Gasteiger partial charge in [-0.05, 0) is 43.7 Å². The number of hydrogen-bond acceptors (Lipinski definition) is 3. The van der Waals surface area contributed by atoms with Gasteiger partial charge in [0, 0.05) is 18.5 Å². The molecule has 2 rings (SSSR count). The van der Waals surface area contributed by atoms with Crippen LogP contribution >= 0.6 is 0 Å². The Morgan fingerprint density at radius 2 is 2.10 bits per heavy atom.